The molecule has 0 fully saturated rings. The van der Waals surface area contributed by atoms with Gasteiger partial charge in [-0.2, -0.15) is 18.4 Å². The number of benzene rings is 1. The number of amides is 1. The molecule has 108 valence electrons. The van der Waals surface area contributed by atoms with Crippen molar-refractivity contribution in [2.45, 2.75) is 26.1 Å². The van der Waals surface area contributed by atoms with E-state index in [1.807, 2.05) is 0 Å². The van der Waals surface area contributed by atoms with Crippen molar-refractivity contribution >= 4 is 11.6 Å². The first kappa shape index (κ1) is 16.0. The molecule has 1 atom stereocenters. The molecular weight excluding hydrogens is 271 g/mol. The molecule has 0 bridgehead atoms. The van der Waals surface area contributed by atoms with Gasteiger partial charge in [-0.3, -0.25) is 4.79 Å². The fraction of sp³-hybridized carbons (Fsp3) is 0.385. The monoisotopic (exact) mass is 285 g/mol. The highest BCUT2D eigenvalue weighted by molar-refractivity contribution is 5.96. The fourth-order valence-corrected chi connectivity index (χ4v) is 1.44. The van der Waals surface area contributed by atoms with E-state index < -0.39 is 23.7 Å². The number of nitrogens with one attached hydrogen (secondary N) is 1. The Hall–Kier alpha value is -2.07. The molecule has 0 saturated carbocycles. The maximum absolute atomic E-state index is 12.5. The highest BCUT2D eigenvalue weighted by Gasteiger charge is 2.31. The molecule has 20 heavy (non-hydrogen) atoms. The number of anilines is 1. The predicted octanol–water partition coefficient (Wildman–Crippen LogP) is 2.50. The molecule has 0 spiro atoms. The molecule has 0 heterocycles. The van der Waals surface area contributed by atoms with Crippen molar-refractivity contribution in [3.63, 3.8) is 0 Å². The Balaban J connectivity index is 3.04. The number of hydrogen-bond acceptors (Lipinski definition) is 3. The number of nitrogens with zero attached hydrogens (tertiary/aromatic N) is 1. The van der Waals surface area contributed by atoms with Gasteiger partial charge >= 0.3 is 6.18 Å². The van der Waals surface area contributed by atoms with Gasteiger partial charge in [-0.25, -0.2) is 0 Å². The largest absolute Gasteiger partial charge is 0.416 e. The summed E-state index contributed by atoms with van der Waals surface area (Å²) < 4.78 is 37.5. The quantitative estimate of drug-likeness (QED) is 0.895. The molecule has 7 heteroatoms. The average Bonchev–Trinajstić information content (AvgIpc) is 2.36. The van der Waals surface area contributed by atoms with Crippen molar-refractivity contribution in [2.24, 2.45) is 11.7 Å². The van der Waals surface area contributed by atoms with Gasteiger partial charge in [0.2, 0.25) is 5.91 Å². The number of hydrogen-bond donors (Lipinski definition) is 2. The second-order valence-electron chi connectivity index (χ2n) is 4.63. The normalized spacial score (nSPS) is 12.9. The van der Waals surface area contributed by atoms with Gasteiger partial charge in [0.15, 0.2) is 0 Å². The zero-order valence-electron chi connectivity index (χ0n) is 11.0. The van der Waals surface area contributed by atoms with Crippen molar-refractivity contribution in [1.82, 2.24) is 0 Å². The Kier molecular flexibility index (Phi) is 4.73. The zero-order chi connectivity index (χ0) is 15.5. The highest BCUT2D eigenvalue weighted by atomic mass is 19.4. The summed E-state index contributed by atoms with van der Waals surface area (Å²) >= 11 is 0. The molecule has 0 aliphatic heterocycles. The van der Waals surface area contributed by atoms with Crippen molar-refractivity contribution in [3.8, 4) is 6.07 Å². The number of nitrogens with two attached hydrogens (primary N) is 1. The number of nitriles is 1. The Morgan fingerprint density at radius 1 is 1.40 bits per heavy atom. The molecule has 3 N–H and O–H groups in total. The van der Waals surface area contributed by atoms with Crippen molar-refractivity contribution in [3.05, 3.63) is 29.3 Å². The fourth-order valence-electron chi connectivity index (χ4n) is 1.44. The van der Waals surface area contributed by atoms with E-state index in [1.54, 1.807) is 19.9 Å². The lowest BCUT2D eigenvalue weighted by Gasteiger charge is -2.16. The first-order chi connectivity index (χ1) is 9.16. The Labute approximate surface area is 114 Å². The molecular formula is C13H14F3N3O. The first-order valence-corrected chi connectivity index (χ1v) is 5.84. The summed E-state index contributed by atoms with van der Waals surface area (Å²) in [6.07, 6.45) is -4.54. The summed E-state index contributed by atoms with van der Waals surface area (Å²) in [7, 11) is 0. The van der Waals surface area contributed by atoms with Gasteiger partial charge in [-0.15, -0.1) is 0 Å². The molecule has 1 aromatic rings. The van der Waals surface area contributed by atoms with E-state index in [1.165, 1.54) is 0 Å². The van der Waals surface area contributed by atoms with Gasteiger partial charge in [-0.05, 0) is 24.1 Å². The minimum Gasteiger partial charge on any atom is -0.324 e. The lowest BCUT2D eigenvalue weighted by molar-refractivity contribution is -0.137. The van der Waals surface area contributed by atoms with Crippen LogP contribution in [-0.2, 0) is 11.0 Å². The first-order valence-electron chi connectivity index (χ1n) is 5.84. The lowest BCUT2D eigenvalue weighted by Crippen LogP contribution is -2.39. The summed E-state index contributed by atoms with van der Waals surface area (Å²) in [6.45, 7) is 3.48. The minimum absolute atomic E-state index is 0.0154. The van der Waals surface area contributed by atoms with Crippen LogP contribution in [-0.4, -0.2) is 11.9 Å². The molecule has 0 aliphatic carbocycles. The Bertz CT molecular complexity index is 547. The van der Waals surface area contributed by atoms with Gasteiger partial charge in [0.05, 0.1) is 22.9 Å². The predicted molar refractivity (Wildman–Crippen MR) is 67.6 cm³/mol. The molecule has 0 aliphatic rings. The number of carbonyl (C=O) groups is 1. The number of rotatable bonds is 3. The van der Waals surface area contributed by atoms with Crippen molar-refractivity contribution in [1.29, 1.82) is 5.26 Å². The molecule has 1 aromatic carbocycles. The maximum atomic E-state index is 12.5. The standard InChI is InChI=1S/C13H14F3N3O/c1-7(2)11(18)12(20)19-10-4-3-9(13(14,15)16)5-8(10)6-17/h3-5,7,11H,18H2,1-2H3,(H,19,20)/t11-/m1/s1. The van der Waals surface area contributed by atoms with E-state index in [4.69, 9.17) is 11.0 Å². The molecule has 1 amide bonds. The third-order valence-corrected chi connectivity index (χ3v) is 2.75. The Morgan fingerprint density at radius 3 is 2.45 bits per heavy atom. The third-order valence-electron chi connectivity index (χ3n) is 2.75. The van der Waals surface area contributed by atoms with Crippen LogP contribution in [0.5, 0.6) is 0 Å². The SMILES string of the molecule is CC(C)[C@@H](N)C(=O)Nc1ccc(C(F)(F)F)cc1C#N. The highest BCUT2D eigenvalue weighted by Crippen LogP contribution is 2.31. The van der Waals surface area contributed by atoms with Gasteiger partial charge in [0.25, 0.3) is 0 Å². The topological polar surface area (TPSA) is 78.9 Å². The number of halogens is 3. The summed E-state index contributed by atoms with van der Waals surface area (Å²) in [5.74, 6) is -0.675. The van der Waals surface area contributed by atoms with Gasteiger partial charge < -0.3 is 11.1 Å². The molecule has 0 unspecified atom stereocenters. The van der Waals surface area contributed by atoms with Crippen molar-refractivity contribution < 1.29 is 18.0 Å². The van der Waals surface area contributed by atoms with Crippen LogP contribution in [0.15, 0.2) is 18.2 Å². The van der Waals surface area contributed by atoms with Crippen LogP contribution in [0.3, 0.4) is 0 Å². The van der Waals surface area contributed by atoms with E-state index in [0.29, 0.717) is 6.07 Å². The van der Waals surface area contributed by atoms with Crippen LogP contribution in [0.25, 0.3) is 0 Å². The number of alkyl halides is 3. The minimum atomic E-state index is -4.54. The smallest absolute Gasteiger partial charge is 0.324 e. The van der Waals surface area contributed by atoms with Crippen LogP contribution in [0.2, 0.25) is 0 Å². The van der Waals surface area contributed by atoms with E-state index in [9.17, 15) is 18.0 Å². The average molecular weight is 285 g/mol. The third kappa shape index (κ3) is 3.71. The van der Waals surface area contributed by atoms with Crippen LogP contribution >= 0.6 is 0 Å². The lowest BCUT2D eigenvalue weighted by atomic mass is 10.0. The molecule has 0 aromatic heterocycles. The van der Waals surface area contributed by atoms with Gasteiger partial charge in [-0.1, -0.05) is 13.8 Å². The molecule has 0 radical (unpaired) electrons. The summed E-state index contributed by atoms with van der Waals surface area (Å²) in [4.78, 5) is 11.7. The van der Waals surface area contributed by atoms with E-state index in [2.05, 4.69) is 5.32 Å². The van der Waals surface area contributed by atoms with Crippen LogP contribution in [0.1, 0.15) is 25.0 Å². The van der Waals surface area contributed by atoms with E-state index in [0.717, 1.165) is 12.1 Å². The van der Waals surface area contributed by atoms with Crippen LogP contribution in [0, 0.1) is 17.2 Å². The van der Waals surface area contributed by atoms with E-state index in [-0.39, 0.29) is 17.2 Å². The number of carbonyl (C=O) groups excluding carboxylic acids is 1. The van der Waals surface area contributed by atoms with E-state index >= 15 is 0 Å². The summed E-state index contributed by atoms with van der Waals surface area (Å²) in [5, 5.41) is 11.2. The van der Waals surface area contributed by atoms with Crippen LogP contribution in [0.4, 0.5) is 18.9 Å². The summed E-state index contributed by atoms with van der Waals surface area (Å²) in [5.41, 5.74) is 4.43. The second kappa shape index (κ2) is 5.92. The maximum Gasteiger partial charge on any atom is 0.416 e. The second-order valence-corrected chi connectivity index (χ2v) is 4.63. The van der Waals surface area contributed by atoms with Gasteiger partial charge in [0.1, 0.15) is 6.07 Å². The summed E-state index contributed by atoms with van der Waals surface area (Å²) in [6, 6.07) is 3.37. The molecule has 4 nitrogen and oxygen atoms in total. The van der Waals surface area contributed by atoms with Gasteiger partial charge in [0, 0.05) is 0 Å². The Morgan fingerprint density at radius 2 is 2.00 bits per heavy atom. The molecule has 1 rings (SSSR count). The van der Waals surface area contributed by atoms with Crippen LogP contribution < -0.4 is 11.1 Å². The zero-order valence-corrected chi connectivity index (χ0v) is 11.0. The molecule has 0 saturated heterocycles. The van der Waals surface area contributed by atoms with Crippen molar-refractivity contribution in [2.75, 3.05) is 5.32 Å².